The smallest absolute Gasteiger partial charge is 0.462 e. The maximum atomic E-state index is 13.1. The Balaban J connectivity index is 2.77. The van der Waals surface area contributed by atoms with Gasteiger partial charge in [-0.2, -0.15) is 0 Å². The molecule has 61 heavy (non-hydrogen) atoms. The van der Waals surface area contributed by atoms with Gasteiger partial charge in [-0.3, -0.25) is 27.7 Å². The van der Waals surface area contributed by atoms with Gasteiger partial charge in [-0.15, -0.1) is 0 Å². The fourth-order valence-electron chi connectivity index (χ4n) is 6.95. The second kappa shape index (κ2) is 32.7. The summed E-state index contributed by atoms with van der Waals surface area (Å²) in [6.07, 6.45) is 8.10. The zero-order valence-corrected chi connectivity index (χ0v) is 38.5. The van der Waals surface area contributed by atoms with E-state index in [1.54, 1.807) is 0 Å². The normalized spacial score (nSPS) is 22.5. The summed E-state index contributed by atoms with van der Waals surface area (Å²) >= 11 is 0. The van der Waals surface area contributed by atoms with Crippen molar-refractivity contribution in [2.45, 2.75) is 210 Å². The molecule has 0 spiro atoms. The number of esters is 2. The van der Waals surface area contributed by atoms with Crippen LogP contribution in [-0.4, -0.2) is 114 Å². The zero-order valence-electron chi connectivity index (χ0n) is 35.8. The predicted molar refractivity (Wildman–Crippen MR) is 223 cm³/mol. The lowest BCUT2D eigenvalue weighted by atomic mass is 9.85. The van der Waals surface area contributed by atoms with Crippen molar-refractivity contribution < 1.29 is 90.6 Å². The van der Waals surface area contributed by atoms with Gasteiger partial charge in [0.05, 0.1) is 6.61 Å². The summed E-state index contributed by atoms with van der Waals surface area (Å²) in [5, 5.41) is 31.8. The summed E-state index contributed by atoms with van der Waals surface area (Å²) in [6, 6.07) is 0. The molecule has 1 aliphatic carbocycles. The van der Waals surface area contributed by atoms with E-state index in [2.05, 4.69) is 16.0 Å². The van der Waals surface area contributed by atoms with Gasteiger partial charge >= 0.3 is 35.4 Å². The van der Waals surface area contributed by atoms with Crippen molar-refractivity contribution in [2.24, 2.45) is 5.73 Å². The molecule has 1 fully saturated rings. The third-order valence-electron chi connectivity index (χ3n) is 10.3. The molecule has 10 N–H and O–H groups in total. The summed E-state index contributed by atoms with van der Waals surface area (Å²) < 4.78 is 65.2. The van der Waals surface area contributed by atoms with E-state index < -0.39 is 91.3 Å². The molecule has 1 saturated carbocycles. The fourth-order valence-corrected chi connectivity index (χ4v) is 9.04. The highest BCUT2D eigenvalue weighted by molar-refractivity contribution is 7.47. The van der Waals surface area contributed by atoms with Crippen LogP contribution in [0.15, 0.2) is 0 Å². The molecule has 4 unspecified atom stereocenters. The average Bonchev–Trinajstić information content (AvgIpc) is 3.18. The molecule has 0 aromatic carbocycles. The van der Waals surface area contributed by atoms with E-state index in [1.807, 2.05) is 0 Å². The quantitative estimate of drug-likeness (QED) is 0.0203. The highest BCUT2D eigenvalue weighted by Gasteiger charge is 2.56. The Bertz CT molecular complexity index is 1320. The molecule has 362 valence electrons. The maximum Gasteiger partial charge on any atom is 0.472 e. The number of rotatable bonds is 38. The minimum Gasteiger partial charge on any atom is -0.462 e. The zero-order chi connectivity index (χ0) is 45.7. The maximum absolute atomic E-state index is 13.1. The Morgan fingerprint density at radius 3 is 1.31 bits per heavy atom. The van der Waals surface area contributed by atoms with Gasteiger partial charge in [0.15, 0.2) is 6.10 Å². The number of phosphoric ester groups is 3. The second-order valence-electron chi connectivity index (χ2n) is 15.8. The third kappa shape index (κ3) is 29.3. The van der Waals surface area contributed by atoms with E-state index in [0.717, 1.165) is 77.0 Å². The lowest BCUT2D eigenvalue weighted by molar-refractivity contribution is -0.213. The number of ether oxygens (including phenoxy) is 2. The molecule has 0 radical (unpaired) electrons. The van der Waals surface area contributed by atoms with E-state index in [4.69, 9.17) is 24.3 Å². The van der Waals surface area contributed by atoms with Gasteiger partial charge in [0.2, 0.25) is 0 Å². The minimum absolute atomic E-state index is 0.000345. The molecule has 1 aliphatic rings. The lowest BCUT2D eigenvalue weighted by Gasteiger charge is -2.44. The predicted octanol–water partition coefficient (Wildman–Crippen LogP) is 5.73. The molecule has 0 aliphatic heterocycles. The number of carbonyl (C=O) groups is 2. The molecule has 8 atom stereocenters. The van der Waals surface area contributed by atoms with Crippen LogP contribution in [0.25, 0.3) is 0 Å². The molecule has 0 saturated heterocycles. The Morgan fingerprint density at radius 1 is 0.508 bits per heavy atom. The Labute approximate surface area is 361 Å². The number of aliphatic hydroxyl groups is 3. The van der Waals surface area contributed by atoms with Crippen molar-refractivity contribution in [3.05, 3.63) is 0 Å². The highest BCUT2D eigenvalue weighted by Crippen LogP contribution is 2.51. The summed E-state index contributed by atoms with van der Waals surface area (Å²) in [5.74, 6) is -1.30. The van der Waals surface area contributed by atoms with Gasteiger partial charge in [-0.25, -0.2) is 13.7 Å². The fraction of sp³-hybridized carbons (Fsp3) is 0.947. The summed E-state index contributed by atoms with van der Waals surface area (Å²) in [6.45, 7) is 1.43. The highest BCUT2D eigenvalue weighted by atomic mass is 31.2. The topological polar surface area (TPSA) is 329 Å². The van der Waals surface area contributed by atoms with Crippen LogP contribution in [0.2, 0.25) is 0 Å². The van der Waals surface area contributed by atoms with Crippen LogP contribution in [0.5, 0.6) is 0 Å². The van der Waals surface area contributed by atoms with E-state index in [1.165, 1.54) is 57.8 Å². The third-order valence-corrected chi connectivity index (χ3v) is 12.3. The first kappa shape index (κ1) is 58.1. The average molecular weight is 944 g/mol. The van der Waals surface area contributed by atoms with Crippen LogP contribution in [-0.2, 0) is 50.9 Å². The van der Waals surface area contributed by atoms with Gasteiger partial charge in [-0.1, -0.05) is 135 Å². The molecule has 0 aromatic rings. The van der Waals surface area contributed by atoms with Gasteiger partial charge in [0, 0.05) is 12.8 Å². The molecular weight excluding hydrogens is 867 g/mol. The summed E-state index contributed by atoms with van der Waals surface area (Å²) in [7, 11) is -16.6. The van der Waals surface area contributed by atoms with Gasteiger partial charge in [0.1, 0.15) is 43.2 Å². The van der Waals surface area contributed by atoms with E-state index in [-0.39, 0.29) is 12.8 Å². The van der Waals surface area contributed by atoms with E-state index >= 15 is 0 Å². The Hall–Kier alpha value is -0.890. The minimum atomic E-state index is -5.59. The standard InChI is InChI=1S/C38H76NO19P3/c1-2-3-4-5-6-7-8-9-10-14-17-20-23-26-32(41)55-30(28-53-31(40)25-22-19-16-13-11-12-15-18-21-24-27-39)29-54-61(51,52)58-36-33(42)34(43)37(56-59(45,46)47)38(35(36)44)57-60(48,49)50/h30,33-38,42-44H,2-29,39H2,1H3,(H,51,52)(H2,45,46,47)(H2,48,49,50)/t30-,33?,34+,35-,36?,37?,38-/m1/s1. The SMILES string of the molecule is CCCCCCCCCCCCCCCC(=O)O[C@H](COC(=O)CCCCCCCCCCCCN)COP(=O)(O)OC1C(O)[C@H](O)C(OP(=O)(O)O)[C@H](OP(=O)(O)O)[C@@H]1O. The summed E-state index contributed by atoms with van der Waals surface area (Å²) in [5.41, 5.74) is 5.52. The number of hydrogen-bond acceptors (Lipinski definition) is 15. The molecular formula is C38H76NO19P3. The van der Waals surface area contributed by atoms with Crippen LogP contribution in [0.3, 0.4) is 0 Å². The first-order valence-corrected chi connectivity index (χ1v) is 26.6. The van der Waals surface area contributed by atoms with Crippen molar-refractivity contribution in [2.75, 3.05) is 19.8 Å². The monoisotopic (exact) mass is 943 g/mol. The number of nitrogens with two attached hydrogens (primary N) is 1. The number of carbonyl (C=O) groups excluding carboxylic acids is 2. The molecule has 0 amide bonds. The molecule has 0 bridgehead atoms. The number of hydrogen-bond donors (Lipinski definition) is 9. The van der Waals surface area contributed by atoms with Gasteiger partial charge < -0.3 is 55.0 Å². The second-order valence-corrected chi connectivity index (χ2v) is 19.6. The molecule has 20 nitrogen and oxygen atoms in total. The first-order chi connectivity index (χ1) is 28.8. The molecule has 1 rings (SSSR count). The Morgan fingerprint density at radius 2 is 0.885 bits per heavy atom. The van der Waals surface area contributed by atoms with Gasteiger partial charge in [-0.05, 0) is 25.8 Å². The van der Waals surface area contributed by atoms with Crippen molar-refractivity contribution in [1.29, 1.82) is 0 Å². The number of unbranched alkanes of at least 4 members (excludes halogenated alkanes) is 21. The van der Waals surface area contributed by atoms with Crippen LogP contribution >= 0.6 is 23.5 Å². The van der Waals surface area contributed by atoms with Crippen LogP contribution < -0.4 is 5.73 Å². The largest absolute Gasteiger partial charge is 0.472 e. The van der Waals surface area contributed by atoms with Gasteiger partial charge in [0.25, 0.3) is 0 Å². The van der Waals surface area contributed by atoms with Crippen molar-refractivity contribution in [1.82, 2.24) is 0 Å². The molecule has 23 heteroatoms. The van der Waals surface area contributed by atoms with Crippen LogP contribution in [0, 0.1) is 0 Å². The number of phosphoric acid groups is 3. The molecule has 0 heterocycles. The van der Waals surface area contributed by atoms with Crippen molar-refractivity contribution in [3.63, 3.8) is 0 Å². The van der Waals surface area contributed by atoms with E-state index in [0.29, 0.717) is 19.4 Å². The lowest BCUT2D eigenvalue weighted by Crippen LogP contribution is -2.65. The number of aliphatic hydroxyl groups excluding tert-OH is 3. The summed E-state index contributed by atoms with van der Waals surface area (Å²) in [4.78, 5) is 72.9. The van der Waals surface area contributed by atoms with Crippen LogP contribution in [0.1, 0.15) is 167 Å². The van der Waals surface area contributed by atoms with E-state index in [9.17, 15) is 63.1 Å². The Kier molecular flexibility index (Phi) is 31.2. The molecule has 0 aromatic heterocycles. The first-order valence-electron chi connectivity index (χ1n) is 22.0. The van der Waals surface area contributed by atoms with Crippen molar-refractivity contribution >= 4 is 35.4 Å². The van der Waals surface area contributed by atoms with Crippen molar-refractivity contribution in [3.8, 4) is 0 Å². The van der Waals surface area contributed by atoms with Crippen LogP contribution in [0.4, 0.5) is 0 Å².